The maximum Gasteiger partial charge on any atom is 0.251 e. The highest BCUT2D eigenvalue weighted by Crippen LogP contribution is 1.99. The second-order valence-corrected chi connectivity index (χ2v) is 2.96. The quantitative estimate of drug-likeness (QED) is 0.472. The molecule has 0 heterocycles. The Morgan fingerprint density at radius 3 is 2.55 bits per heavy atom. The monoisotopic (exact) mass is 160 g/mol. The fourth-order valence-corrected chi connectivity index (χ4v) is 0.520. The van der Waals surface area contributed by atoms with Crippen molar-refractivity contribution < 1.29 is 9.90 Å². The van der Waals surface area contributed by atoms with E-state index in [0.29, 0.717) is 13.1 Å². The lowest BCUT2D eigenvalue weighted by Crippen LogP contribution is -2.42. The minimum atomic E-state index is -1.28. The van der Waals surface area contributed by atoms with Crippen molar-refractivity contribution in [1.82, 2.24) is 5.32 Å². The molecule has 0 aliphatic carbocycles. The van der Waals surface area contributed by atoms with Crippen molar-refractivity contribution in [3.8, 4) is 0 Å². The van der Waals surface area contributed by atoms with Crippen LogP contribution in [0.25, 0.3) is 0 Å². The van der Waals surface area contributed by atoms with Crippen LogP contribution in [0.4, 0.5) is 0 Å². The molecule has 66 valence electrons. The molecule has 0 radical (unpaired) electrons. The first-order valence-corrected chi connectivity index (χ1v) is 3.69. The lowest BCUT2D eigenvalue weighted by Gasteiger charge is -2.15. The van der Waals surface area contributed by atoms with Gasteiger partial charge in [0.1, 0.15) is 5.60 Å². The zero-order valence-corrected chi connectivity index (χ0v) is 7.05. The van der Waals surface area contributed by atoms with Crippen LogP contribution >= 0.6 is 0 Å². The van der Waals surface area contributed by atoms with Crippen molar-refractivity contribution in [2.45, 2.75) is 25.9 Å². The van der Waals surface area contributed by atoms with Gasteiger partial charge < -0.3 is 16.2 Å². The highest BCUT2D eigenvalue weighted by Gasteiger charge is 2.22. The third-order valence-electron chi connectivity index (χ3n) is 1.22. The molecule has 0 spiro atoms. The Labute approximate surface area is 66.8 Å². The molecular formula is C7H16N2O2. The van der Waals surface area contributed by atoms with Crippen LogP contribution in [-0.4, -0.2) is 29.7 Å². The molecule has 0 bridgehead atoms. The Balaban J connectivity index is 3.54. The Morgan fingerprint density at radius 1 is 1.64 bits per heavy atom. The molecule has 0 aromatic rings. The van der Waals surface area contributed by atoms with E-state index >= 15 is 0 Å². The largest absolute Gasteiger partial charge is 0.381 e. The zero-order chi connectivity index (χ0) is 8.91. The highest BCUT2D eigenvalue weighted by molar-refractivity contribution is 5.83. The summed E-state index contributed by atoms with van der Waals surface area (Å²) < 4.78 is 0. The molecular weight excluding hydrogens is 144 g/mol. The van der Waals surface area contributed by atoms with E-state index < -0.39 is 5.60 Å². The Morgan fingerprint density at radius 2 is 2.18 bits per heavy atom. The van der Waals surface area contributed by atoms with E-state index in [1.165, 1.54) is 13.8 Å². The summed E-state index contributed by atoms with van der Waals surface area (Å²) in [6.07, 6.45) is 0.738. The summed E-state index contributed by atoms with van der Waals surface area (Å²) in [5.74, 6) is -0.356. The molecule has 0 saturated carbocycles. The van der Waals surface area contributed by atoms with Gasteiger partial charge in [-0.2, -0.15) is 0 Å². The molecule has 0 aliphatic heterocycles. The van der Waals surface area contributed by atoms with Crippen molar-refractivity contribution in [3.05, 3.63) is 0 Å². The number of nitrogens with one attached hydrogen (secondary N) is 1. The third-order valence-corrected chi connectivity index (χ3v) is 1.22. The molecule has 0 atom stereocenters. The maximum atomic E-state index is 10.9. The van der Waals surface area contributed by atoms with Gasteiger partial charge in [-0.15, -0.1) is 0 Å². The first kappa shape index (κ1) is 10.4. The van der Waals surface area contributed by atoms with Gasteiger partial charge in [0.15, 0.2) is 0 Å². The second kappa shape index (κ2) is 4.31. The third kappa shape index (κ3) is 4.75. The van der Waals surface area contributed by atoms with Crippen LogP contribution in [0.3, 0.4) is 0 Å². The minimum Gasteiger partial charge on any atom is -0.381 e. The molecule has 0 rings (SSSR count). The van der Waals surface area contributed by atoms with E-state index in [0.717, 1.165) is 6.42 Å². The van der Waals surface area contributed by atoms with Crippen molar-refractivity contribution in [2.24, 2.45) is 5.73 Å². The molecule has 0 aromatic carbocycles. The molecule has 11 heavy (non-hydrogen) atoms. The summed E-state index contributed by atoms with van der Waals surface area (Å²) >= 11 is 0. The molecule has 4 heteroatoms. The predicted molar refractivity (Wildman–Crippen MR) is 43.0 cm³/mol. The van der Waals surface area contributed by atoms with Crippen LogP contribution in [0, 0.1) is 0 Å². The normalized spacial score (nSPS) is 11.3. The van der Waals surface area contributed by atoms with Crippen LogP contribution in [0.2, 0.25) is 0 Å². The van der Waals surface area contributed by atoms with E-state index in [1.54, 1.807) is 0 Å². The van der Waals surface area contributed by atoms with E-state index in [2.05, 4.69) is 5.32 Å². The molecule has 4 nitrogen and oxygen atoms in total. The van der Waals surface area contributed by atoms with E-state index in [1.807, 2.05) is 0 Å². The average molecular weight is 160 g/mol. The van der Waals surface area contributed by atoms with Gasteiger partial charge in [0.25, 0.3) is 5.91 Å². The summed E-state index contributed by atoms with van der Waals surface area (Å²) in [7, 11) is 0. The fourth-order valence-electron chi connectivity index (χ4n) is 0.520. The molecule has 1 amide bonds. The van der Waals surface area contributed by atoms with Gasteiger partial charge in [0, 0.05) is 6.54 Å². The van der Waals surface area contributed by atoms with E-state index in [4.69, 9.17) is 10.8 Å². The van der Waals surface area contributed by atoms with Gasteiger partial charge in [0.05, 0.1) is 0 Å². The van der Waals surface area contributed by atoms with Crippen LogP contribution in [0.1, 0.15) is 20.3 Å². The van der Waals surface area contributed by atoms with Gasteiger partial charge in [0.2, 0.25) is 0 Å². The smallest absolute Gasteiger partial charge is 0.251 e. The number of carbonyl (C=O) groups excluding carboxylic acids is 1. The van der Waals surface area contributed by atoms with Crippen LogP contribution in [-0.2, 0) is 4.79 Å². The zero-order valence-electron chi connectivity index (χ0n) is 7.05. The van der Waals surface area contributed by atoms with Crippen LogP contribution in [0.5, 0.6) is 0 Å². The maximum absolute atomic E-state index is 10.9. The fraction of sp³-hybridized carbons (Fsp3) is 0.857. The molecule has 0 saturated heterocycles. The average Bonchev–Trinajstić information content (AvgIpc) is 1.86. The Hall–Kier alpha value is -0.610. The van der Waals surface area contributed by atoms with E-state index in [-0.39, 0.29) is 5.91 Å². The number of hydrogen-bond acceptors (Lipinski definition) is 3. The summed E-state index contributed by atoms with van der Waals surface area (Å²) in [6, 6.07) is 0. The van der Waals surface area contributed by atoms with Crippen LogP contribution in [0.15, 0.2) is 0 Å². The topological polar surface area (TPSA) is 75.3 Å². The summed E-state index contributed by atoms with van der Waals surface area (Å²) in [5, 5.41) is 11.7. The van der Waals surface area contributed by atoms with Crippen molar-refractivity contribution in [3.63, 3.8) is 0 Å². The second-order valence-electron chi connectivity index (χ2n) is 2.96. The Kier molecular flexibility index (Phi) is 4.07. The van der Waals surface area contributed by atoms with Crippen molar-refractivity contribution in [2.75, 3.05) is 13.1 Å². The summed E-state index contributed by atoms with van der Waals surface area (Å²) in [4.78, 5) is 10.9. The lowest BCUT2D eigenvalue weighted by molar-refractivity contribution is -0.136. The molecule has 0 aliphatic rings. The molecule has 0 fully saturated rings. The van der Waals surface area contributed by atoms with Gasteiger partial charge in [-0.05, 0) is 26.8 Å². The molecule has 0 aromatic heterocycles. The van der Waals surface area contributed by atoms with Crippen molar-refractivity contribution in [1.29, 1.82) is 0 Å². The predicted octanol–water partition coefficient (Wildman–Crippen LogP) is -0.778. The number of rotatable bonds is 4. The standard InChI is InChI=1S/C7H16N2O2/c1-7(2,11)6(10)9-5-3-4-8/h11H,3-5,8H2,1-2H3,(H,9,10). The minimum absolute atomic E-state index is 0.356. The SMILES string of the molecule is CC(C)(O)C(=O)NCCCN. The number of nitrogens with two attached hydrogens (primary N) is 1. The number of carbonyl (C=O) groups is 1. The number of hydrogen-bond donors (Lipinski definition) is 3. The first-order valence-electron chi connectivity index (χ1n) is 3.69. The van der Waals surface area contributed by atoms with E-state index in [9.17, 15) is 4.79 Å². The van der Waals surface area contributed by atoms with Gasteiger partial charge >= 0.3 is 0 Å². The lowest BCUT2D eigenvalue weighted by atomic mass is 10.1. The summed E-state index contributed by atoms with van der Waals surface area (Å²) in [6.45, 7) is 3.97. The number of amides is 1. The van der Waals surface area contributed by atoms with Crippen molar-refractivity contribution >= 4 is 5.91 Å². The first-order chi connectivity index (χ1) is 4.98. The molecule has 0 unspecified atom stereocenters. The highest BCUT2D eigenvalue weighted by atomic mass is 16.3. The van der Waals surface area contributed by atoms with Gasteiger partial charge in [-0.3, -0.25) is 4.79 Å². The van der Waals surface area contributed by atoms with Gasteiger partial charge in [-0.25, -0.2) is 0 Å². The van der Waals surface area contributed by atoms with Gasteiger partial charge in [-0.1, -0.05) is 0 Å². The van der Waals surface area contributed by atoms with Crippen LogP contribution < -0.4 is 11.1 Å². The Bertz CT molecular complexity index is 129. The number of aliphatic hydroxyl groups is 1. The molecule has 4 N–H and O–H groups in total. The summed E-state index contributed by atoms with van der Waals surface area (Å²) in [5.41, 5.74) is 3.93.